The average molecular weight is 302 g/mol. The summed E-state index contributed by atoms with van der Waals surface area (Å²) in [7, 11) is 0. The van der Waals surface area contributed by atoms with E-state index in [-0.39, 0.29) is 11.7 Å². The molecule has 4 heteroatoms. The van der Waals surface area contributed by atoms with E-state index in [1.54, 1.807) is 48.5 Å². The summed E-state index contributed by atoms with van der Waals surface area (Å²) < 4.78 is 0. The van der Waals surface area contributed by atoms with Gasteiger partial charge in [-0.1, -0.05) is 24.3 Å². The zero-order valence-corrected chi connectivity index (χ0v) is 12.5. The molecular formula is C19H14N2O2. The molecule has 0 aliphatic rings. The third-order valence-electron chi connectivity index (χ3n) is 3.82. The minimum atomic E-state index is -0.277. The van der Waals surface area contributed by atoms with E-state index < -0.39 is 0 Å². The van der Waals surface area contributed by atoms with Crippen LogP contribution in [0.2, 0.25) is 0 Å². The van der Waals surface area contributed by atoms with Crippen LogP contribution in [0.4, 0.5) is 5.69 Å². The summed E-state index contributed by atoms with van der Waals surface area (Å²) in [5, 5.41) is 23.3. The van der Waals surface area contributed by atoms with Gasteiger partial charge in [0.05, 0.1) is 11.3 Å². The number of hydrogen-bond donors (Lipinski definition) is 2. The number of carbonyl (C=O) groups is 1. The van der Waals surface area contributed by atoms with Gasteiger partial charge in [-0.2, -0.15) is 5.26 Å². The first kappa shape index (κ1) is 14.6. The molecule has 2 N–H and O–H groups in total. The summed E-state index contributed by atoms with van der Waals surface area (Å²) in [6.45, 7) is 1.83. The number of anilines is 1. The number of amides is 1. The summed E-state index contributed by atoms with van der Waals surface area (Å²) in [5.74, 6) is -0.0435. The highest BCUT2D eigenvalue weighted by Crippen LogP contribution is 2.27. The predicted octanol–water partition coefficient (Wildman–Crippen LogP) is 3.98. The zero-order chi connectivity index (χ0) is 16.4. The van der Waals surface area contributed by atoms with Gasteiger partial charge < -0.3 is 10.4 Å². The van der Waals surface area contributed by atoms with Gasteiger partial charge >= 0.3 is 0 Å². The fourth-order valence-electron chi connectivity index (χ4n) is 2.50. The van der Waals surface area contributed by atoms with Crippen molar-refractivity contribution in [2.75, 3.05) is 5.32 Å². The number of hydrogen-bond acceptors (Lipinski definition) is 3. The lowest BCUT2D eigenvalue weighted by atomic mass is 10.0. The second kappa shape index (κ2) is 5.82. The van der Waals surface area contributed by atoms with Crippen LogP contribution < -0.4 is 5.32 Å². The fourth-order valence-corrected chi connectivity index (χ4v) is 2.50. The molecule has 23 heavy (non-hydrogen) atoms. The van der Waals surface area contributed by atoms with Gasteiger partial charge in [0.25, 0.3) is 5.91 Å². The molecule has 0 atom stereocenters. The van der Waals surface area contributed by atoms with Crippen LogP contribution in [0.3, 0.4) is 0 Å². The molecule has 112 valence electrons. The Balaban J connectivity index is 1.96. The van der Waals surface area contributed by atoms with E-state index in [0.29, 0.717) is 16.8 Å². The number of rotatable bonds is 2. The lowest BCUT2D eigenvalue weighted by Crippen LogP contribution is -2.12. The number of benzene rings is 3. The molecule has 0 saturated heterocycles. The maximum Gasteiger partial charge on any atom is 0.255 e. The quantitative estimate of drug-likeness (QED) is 0.752. The van der Waals surface area contributed by atoms with Gasteiger partial charge in [0.15, 0.2) is 0 Å². The van der Waals surface area contributed by atoms with E-state index in [4.69, 9.17) is 5.26 Å². The highest BCUT2D eigenvalue weighted by atomic mass is 16.3. The molecule has 0 bridgehead atoms. The number of nitriles is 1. The van der Waals surface area contributed by atoms with Gasteiger partial charge in [0.1, 0.15) is 11.8 Å². The van der Waals surface area contributed by atoms with Crippen LogP contribution in [0.1, 0.15) is 21.5 Å². The number of phenolic OH excluding ortho intramolecular Hbond substituents is 1. The van der Waals surface area contributed by atoms with E-state index in [0.717, 1.165) is 16.3 Å². The van der Waals surface area contributed by atoms with Crippen molar-refractivity contribution in [3.8, 4) is 11.8 Å². The molecule has 0 heterocycles. The fraction of sp³-hybridized carbons (Fsp3) is 0.0526. The van der Waals surface area contributed by atoms with Crippen LogP contribution >= 0.6 is 0 Å². The second-order valence-corrected chi connectivity index (χ2v) is 5.26. The second-order valence-electron chi connectivity index (χ2n) is 5.26. The first-order valence-electron chi connectivity index (χ1n) is 7.13. The van der Waals surface area contributed by atoms with Crippen molar-refractivity contribution in [3.05, 3.63) is 71.3 Å². The van der Waals surface area contributed by atoms with Crippen molar-refractivity contribution >= 4 is 22.4 Å². The van der Waals surface area contributed by atoms with Crippen LogP contribution in [-0.2, 0) is 0 Å². The van der Waals surface area contributed by atoms with Crippen molar-refractivity contribution in [2.45, 2.75) is 6.92 Å². The molecular weight excluding hydrogens is 288 g/mol. The topological polar surface area (TPSA) is 73.1 Å². The van der Waals surface area contributed by atoms with Crippen molar-refractivity contribution in [2.24, 2.45) is 0 Å². The number of carbonyl (C=O) groups excluding carboxylic acids is 1. The van der Waals surface area contributed by atoms with Crippen LogP contribution in [0, 0.1) is 18.3 Å². The molecule has 3 aromatic rings. The Labute approximate surface area is 133 Å². The molecule has 0 aliphatic heterocycles. The number of nitrogens with one attached hydrogen (secondary N) is 1. The molecule has 1 amide bonds. The van der Waals surface area contributed by atoms with Crippen LogP contribution in [0.5, 0.6) is 5.75 Å². The molecule has 0 fully saturated rings. The highest BCUT2D eigenvalue weighted by molar-refractivity contribution is 6.07. The summed E-state index contributed by atoms with van der Waals surface area (Å²) in [6.07, 6.45) is 0. The average Bonchev–Trinajstić information content (AvgIpc) is 2.58. The smallest absolute Gasteiger partial charge is 0.255 e. The van der Waals surface area contributed by atoms with Crippen molar-refractivity contribution in [1.29, 1.82) is 5.26 Å². The summed E-state index contributed by atoms with van der Waals surface area (Å²) in [5.41, 5.74) is 2.18. The van der Waals surface area contributed by atoms with Crippen molar-refractivity contribution in [3.63, 3.8) is 0 Å². The maximum atomic E-state index is 12.4. The Hall–Kier alpha value is -3.32. The highest BCUT2D eigenvalue weighted by Gasteiger charge is 2.10. The Morgan fingerprint density at radius 2 is 1.91 bits per heavy atom. The Kier molecular flexibility index (Phi) is 3.70. The number of aryl methyl sites for hydroxylation is 1. The lowest BCUT2D eigenvalue weighted by Gasteiger charge is -2.09. The normalized spacial score (nSPS) is 10.3. The maximum absolute atomic E-state index is 12.4. The summed E-state index contributed by atoms with van der Waals surface area (Å²) >= 11 is 0. The van der Waals surface area contributed by atoms with Crippen molar-refractivity contribution in [1.82, 2.24) is 0 Å². The molecule has 0 unspecified atom stereocenters. The van der Waals surface area contributed by atoms with Crippen LogP contribution in [0.25, 0.3) is 10.8 Å². The first-order chi connectivity index (χ1) is 11.1. The molecule has 4 nitrogen and oxygen atoms in total. The summed E-state index contributed by atoms with van der Waals surface area (Å²) in [6, 6.07) is 17.6. The molecule has 0 aromatic heterocycles. The molecule has 0 saturated carbocycles. The summed E-state index contributed by atoms with van der Waals surface area (Å²) in [4.78, 5) is 12.4. The van der Waals surface area contributed by atoms with Gasteiger partial charge in [-0.3, -0.25) is 4.79 Å². The minimum Gasteiger partial charge on any atom is -0.508 e. The number of para-hydroxylation sites is 1. The largest absolute Gasteiger partial charge is 0.508 e. The van der Waals surface area contributed by atoms with E-state index in [1.807, 2.05) is 13.0 Å². The SMILES string of the molecule is Cc1c(O)ccc2cc(C(=O)Nc3ccccc3C#N)ccc12. The first-order valence-corrected chi connectivity index (χ1v) is 7.13. The molecule has 0 spiro atoms. The minimum absolute atomic E-state index is 0.234. The number of fused-ring (bicyclic) bond motifs is 1. The van der Waals surface area contributed by atoms with Gasteiger partial charge in [-0.15, -0.1) is 0 Å². The Morgan fingerprint density at radius 3 is 2.70 bits per heavy atom. The van der Waals surface area contributed by atoms with Crippen LogP contribution in [0.15, 0.2) is 54.6 Å². The van der Waals surface area contributed by atoms with E-state index in [9.17, 15) is 9.90 Å². The monoisotopic (exact) mass is 302 g/mol. The number of nitrogens with zero attached hydrogens (tertiary/aromatic N) is 1. The van der Waals surface area contributed by atoms with Crippen LogP contribution in [-0.4, -0.2) is 11.0 Å². The van der Waals surface area contributed by atoms with E-state index >= 15 is 0 Å². The predicted molar refractivity (Wildman–Crippen MR) is 89.5 cm³/mol. The standard InChI is InChI=1S/C19H14N2O2/c1-12-16-8-6-14(10-13(16)7-9-18(12)22)19(23)21-17-5-3-2-4-15(17)11-20/h2-10,22H,1H3,(H,21,23). The molecule has 0 aliphatic carbocycles. The van der Waals surface area contributed by atoms with Gasteiger partial charge in [0.2, 0.25) is 0 Å². The molecule has 3 aromatic carbocycles. The van der Waals surface area contributed by atoms with Crippen molar-refractivity contribution < 1.29 is 9.90 Å². The third kappa shape index (κ3) is 2.72. The third-order valence-corrected chi connectivity index (χ3v) is 3.82. The zero-order valence-electron chi connectivity index (χ0n) is 12.5. The Morgan fingerprint density at radius 1 is 1.13 bits per heavy atom. The molecule has 3 rings (SSSR count). The van der Waals surface area contributed by atoms with Gasteiger partial charge in [-0.05, 0) is 53.6 Å². The molecule has 0 radical (unpaired) electrons. The van der Waals surface area contributed by atoms with Gasteiger partial charge in [-0.25, -0.2) is 0 Å². The van der Waals surface area contributed by atoms with E-state index in [1.165, 1.54) is 0 Å². The lowest BCUT2D eigenvalue weighted by molar-refractivity contribution is 0.102. The number of aromatic hydroxyl groups is 1. The number of phenols is 1. The van der Waals surface area contributed by atoms with Gasteiger partial charge in [0, 0.05) is 5.56 Å². The van der Waals surface area contributed by atoms with E-state index in [2.05, 4.69) is 11.4 Å². The Bertz CT molecular complexity index is 955.